The van der Waals surface area contributed by atoms with E-state index in [9.17, 15) is 19.5 Å². The Bertz CT molecular complexity index is 1220. The van der Waals surface area contributed by atoms with Crippen molar-refractivity contribution in [1.29, 1.82) is 0 Å². The van der Waals surface area contributed by atoms with E-state index in [2.05, 4.69) is 22.8 Å². The number of alkyl carbamates (subject to hydrolysis) is 1. The first kappa shape index (κ1) is 24.3. The van der Waals surface area contributed by atoms with Crippen LogP contribution in [0.3, 0.4) is 0 Å². The Morgan fingerprint density at radius 3 is 2.26 bits per heavy atom. The van der Waals surface area contributed by atoms with E-state index in [1.807, 2.05) is 36.4 Å². The topological polar surface area (TPSA) is 114 Å². The molecule has 0 bridgehead atoms. The summed E-state index contributed by atoms with van der Waals surface area (Å²) in [6.45, 7) is 0.111. The van der Waals surface area contributed by atoms with Crippen LogP contribution in [0.4, 0.5) is 10.5 Å². The average Bonchev–Trinajstić information content (AvgIpc) is 3.17. The minimum atomic E-state index is -1.21. The van der Waals surface area contributed by atoms with Gasteiger partial charge < -0.3 is 25.2 Å². The van der Waals surface area contributed by atoms with Crippen molar-refractivity contribution in [3.63, 3.8) is 0 Å². The molecule has 0 heterocycles. The highest BCUT2D eigenvalue weighted by atomic mass is 35.5. The van der Waals surface area contributed by atoms with E-state index in [4.69, 9.17) is 21.1 Å². The molecular weight excluding hydrogens is 472 g/mol. The van der Waals surface area contributed by atoms with Gasteiger partial charge in [0.25, 0.3) is 0 Å². The maximum atomic E-state index is 12.2. The van der Waals surface area contributed by atoms with Gasteiger partial charge in [0.2, 0.25) is 5.91 Å². The lowest BCUT2D eigenvalue weighted by atomic mass is 9.98. The van der Waals surface area contributed by atoms with Gasteiger partial charge in [0, 0.05) is 17.5 Å². The van der Waals surface area contributed by atoms with Crippen LogP contribution in [-0.2, 0) is 14.3 Å². The Kier molecular flexibility index (Phi) is 7.64. The molecule has 3 aromatic rings. The molecule has 180 valence electrons. The van der Waals surface area contributed by atoms with Crippen LogP contribution in [0.5, 0.6) is 0 Å². The van der Waals surface area contributed by atoms with Crippen molar-refractivity contribution < 1.29 is 29.0 Å². The van der Waals surface area contributed by atoms with Crippen LogP contribution in [-0.4, -0.2) is 49.4 Å². The zero-order chi connectivity index (χ0) is 24.8. The molecule has 3 aromatic carbocycles. The predicted molar refractivity (Wildman–Crippen MR) is 131 cm³/mol. The minimum Gasteiger partial charge on any atom is -0.478 e. The summed E-state index contributed by atoms with van der Waals surface area (Å²) in [7, 11) is 0. The first-order chi connectivity index (χ1) is 16.9. The molecule has 0 spiro atoms. The molecular formula is C26H23ClN2O6. The number of anilines is 1. The van der Waals surface area contributed by atoms with Gasteiger partial charge in [-0.05, 0) is 40.5 Å². The van der Waals surface area contributed by atoms with E-state index in [0.717, 1.165) is 22.3 Å². The van der Waals surface area contributed by atoms with E-state index in [-0.39, 0.29) is 48.6 Å². The van der Waals surface area contributed by atoms with E-state index < -0.39 is 18.0 Å². The Labute approximate surface area is 206 Å². The van der Waals surface area contributed by atoms with Gasteiger partial charge in [-0.25, -0.2) is 9.59 Å². The molecule has 0 radical (unpaired) electrons. The molecule has 1 aliphatic carbocycles. The number of nitrogens with one attached hydrogen (secondary N) is 2. The van der Waals surface area contributed by atoms with Crippen LogP contribution in [0.15, 0.2) is 66.7 Å². The molecule has 0 aliphatic heterocycles. The number of amides is 2. The van der Waals surface area contributed by atoms with Crippen LogP contribution in [0.2, 0.25) is 5.02 Å². The molecule has 0 atom stereocenters. The number of hydrogen-bond donors (Lipinski definition) is 3. The highest BCUT2D eigenvalue weighted by Crippen LogP contribution is 2.44. The third-order valence-corrected chi connectivity index (χ3v) is 5.81. The average molecular weight is 495 g/mol. The number of fused-ring (bicyclic) bond motifs is 3. The quantitative estimate of drug-likeness (QED) is 0.376. The van der Waals surface area contributed by atoms with Gasteiger partial charge >= 0.3 is 12.1 Å². The van der Waals surface area contributed by atoms with Crippen molar-refractivity contribution in [2.45, 2.75) is 5.92 Å². The summed E-state index contributed by atoms with van der Waals surface area (Å²) in [5, 5.41) is 14.5. The fourth-order valence-corrected chi connectivity index (χ4v) is 4.20. The summed E-state index contributed by atoms with van der Waals surface area (Å²) < 4.78 is 10.7. The van der Waals surface area contributed by atoms with Crippen molar-refractivity contribution in [2.24, 2.45) is 0 Å². The standard InChI is InChI=1S/C26H23ClN2O6/c27-16-9-10-23(21(13-16)25(31)32)29-24(30)15-34-12-11-28-26(33)35-14-22-19-7-3-1-5-17(19)18-6-2-4-8-20(18)22/h1-10,13,22H,11-12,14-15H2,(H,28,33)(H,29,30)(H,31,32). The maximum Gasteiger partial charge on any atom is 0.407 e. The second-order valence-corrected chi connectivity index (χ2v) is 8.28. The fraction of sp³-hybridized carbons (Fsp3) is 0.192. The molecule has 3 N–H and O–H groups in total. The van der Waals surface area contributed by atoms with Gasteiger partial charge in [-0.3, -0.25) is 4.79 Å². The fourth-order valence-electron chi connectivity index (χ4n) is 4.03. The second kappa shape index (κ2) is 11.0. The van der Waals surface area contributed by atoms with E-state index >= 15 is 0 Å². The number of rotatable bonds is 9. The molecule has 0 aromatic heterocycles. The Hall–Kier alpha value is -3.88. The van der Waals surface area contributed by atoms with Crippen molar-refractivity contribution in [2.75, 3.05) is 31.7 Å². The smallest absolute Gasteiger partial charge is 0.407 e. The van der Waals surface area contributed by atoms with Crippen molar-refractivity contribution in [3.8, 4) is 11.1 Å². The number of ether oxygens (including phenoxy) is 2. The number of carbonyl (C=O) groups excluding carboxylic acids is 2. The number of aromatic carboxylic acids is 1. The monoisotopic (exact) mass is 494 g/mol. The lowest BCUT2D eigenvalue weighted by Crippen LogP contribution is -2.30. The van der Waals surface area contributed by atoms with Gasteiger partial charge in [0.05, 0.1) is 17.9 Å². The lowest BCUT2D eigenvalue weighted by Gasteiger charge is -2.14. The minimum absolute atomic E-state index is 0.0309. The summed E-state index contributed by atoms with van der Waals surface area (Å²) in [6.07, 6.45) is -0.577. The summed E-state index contributed by atoms with van der Waals surface area (Å²) in [4.78, 5) is 35.5. The molecule has 1 aliphatic rings. The number of carboxylic acid groups (broad SMARTS) is 1. The Balaban J connectivity index is 1.19. The van der Waals surface area contributed by atoms with E-state index in [1.54, 1.807) is 0 Å². The van der Waals surface area contributed by atoms with Gasteiger partial charge in [-0.2, -0.15) is 0 Å². The highest BCUT2D eigenvalue weighted by molar-refractivity contribution is 6.31. The van der Waals surface area contributed by atoms with E-state index in [1.165, 1.54) is 18.2 Å². The zero-order valence-electron chi connectivity index (χ0n) is 18.6. The first-order valence-corrected chi connectivity index (χ1v) is 11.3. The molecule has 0 saturated heterocycles. The summed E-state index contributed by atoms with van der Waals surface area (Å²) in [5.41, 5.74) is 4.55. The molecule has 0 saturated carbocycles. The van der Waals surface area contributed by atoms with Gasteiger partial charge in [-0.1, -0.05) is 60.1 Å². The molecule has 8 nitrogen and oxygen atoms in total. The summed E-state index contributed by atoms with van der Waals surface area (Å²) in [5.74, 6) is -1.77. The molecule has 0 unspecified atom stereocenters. The number of carbonyl (C=O) groups is 3. The maximum absolute atomic E-state index is 12.2. The van der Waals surface area contributed by atoms with Crippen molar-refractivity contribution in [3.05, 3.63) is 88.4 Å². The van der Waals surface area contributed by atoms with Gasteiger partial charge in [-0.15, -0.1) is 0 Å². The van der Waals surface area contributed by atoms with Crippen LogP contribution in [0.25, 0.3) is 11.1 Å². The van der Waals surface area contributed by atoms with Gasteiger partial charge in [0.15, 0.2) is 0 Å². The largest absolute Gasteiger partial charge is 0.478 e. The number of carboxylic acids is 1. The Morgan fingerprint density at radius 2 is 1.60 bits per heavy atom. The third kappa shape index (κ3) is 5.79. The van der Waals surface area contributed by atoms with Crippen molar-refractivity contribution in [1.82, 2.24) is 5.32 Å². The van der Waals surface area contributed by atoms with Crippen LogP contribution >= 0.6 is 11.6 Å². The zero-order valence-corrected chi connectivity index (χ0v) is 19.4. The predicted octanol–water partition coefficient (Wildman–Crippen LogP) is 4.53. The van der Waals surface area contributed by atoms with Crippen LogP contribution in [0, 0.1) is 0 Å². The van der Waals surface area contributed by atoms with Gasteiger partial charge in [0.1, 0.15) is 13.2 Å². The first-order valence-electron chi connectivity index (χ1n) is 10.9. The number of benzene rings is 3. The third-order valence-electron chi connectivity index (χ3n) is 5.58. The molecule has 35 heavy (non-hydrogen) atoms. The summed E-state index contributed by atoms with van der Waals surface area (Å²) in [6, 6.07) is 20.3. The second-order valence-electron chi connectivity index (χ2n) is 7.85. The molecule has 0 fully saturated rings. The normalized spacial score (nSPS) is 11.9. The summed E-state index contributed by atoms with van der Waals surface area (Å²) >= 11 is 5.80. The SMILES string of the molecule is O=C(COCCNC(=O)OCC1c2ccccc2-c2ccccc21)Nc1ccc(Cl)cc1C(=O)O. The number of hydrogen-bond acceptors (Lipinski definition) is 5. The van der Waals surface area contributed by atoms with Crippen molar-refractivity contribution >= 4 is 35.3 Å². The molecule has 9 heteroatoms. The Morgan fingerprint density at radius 1 is 0.943 bits per heavy atom. The van der Waals surface area contributed by atoms with E-state index in [0.29, 0.717) is 0 Å². The lowest BCUT2D eigenvalue weighted by molar-refractivity contribution is -0.120. The van der Waals surface area contributed by atoms with Crippen LogP contribution in [0.1, 0.15) is 27.4 Å². The van der Waals surface area contributed by atoms with Crippen LogP contribution < -0.4 is 10.6 Å². The number of halogens is 1. The highest BCUT2D eigenvalue weighted by Gasteiger charge is 2.28. The molecule has 4 rings (SSSR count). The molecule has 2 amide bonds.